The maximum absolute atomic E-state index is 12.9. The van der Waals surface area contributed by atoms with Crippen LogP contribution in [0.1, 0.15) is 11.4 Å². The van der Waals surface area contributed by atoms with E-state index in [-0.39, 0.29) is 5.69 Å². The summed E-state index contributed by atoms with van der Waals surface area (Å²) in [5.41, 5.74) is 3.80. The number of benzene rings is 1. The predicted molar refractivity (Wildman–Crippen MR) is 73.2 cm³/mol. The molecule has 0 aliphatic rings. The van der Waals surface area contributed by atoms with E-state index in [0.717, 1.165) is 0 Å². The molecule has 1 aromatic carbocycles. The number of nitrogens with zero attached hydrogens (tertiary/aromatic N) is 2. The lowest BCUT2D eigenvalue weighted by Crippen LogP contribution is -2.18. The van der Waals surface area contributed by atoms with E-state index in [1.165, 1.54) is 24.3 Å². The third kappa shape index (κ3) is 3.45. The molecule has 0 bridgehead atoms. The molecule has 0 atom stereocenters. The molecule has 0 aliphatic heterocycles. The number of hydrogen-bond donors (Lipinski definition) is 2. The van der Waals surface area contributed by atoms with Gasteiger partial charge in [0.05, 0.1) is 12.1 Å². The molecule has 0 spiro atoms. The second-order valence-electron chi connectivity index (χ2n) is 4.33. The summed E-state index contributed by atoms with van der Waals surface area (Å²) in [6.45, 7) is 0. The van der Waals surface area contributed by atoms with Gasteiger partial charge in [0.2, 0.25) is 0 Å². The summed E-state index contributed by atoms with van der Waals surface area (Å²) in [5, 5.41) is 9.16. The van der Waals surface area contributed by atoms with Crippen LogP contribution in [-0.4, -0.2) is 21.0 Å². The number of rotatable bonds is 3. The molecule has 0 amide bonds. The number of anilines is 1. The molecule has 0 aliphatic carbocycles. The van der Waals surface area contributed by atoms with Gasteiger partial charge in [-0.1, -0.05) is 23.7 Å². The monoisotopic (exact) mass is 331 g/mol. The van der Waals surface area contributed by atoms with Crippen LogP contribution in [0, 0.1) is 0 Å². The van der Waals surface area contributed by atoms with Crippen LogP contribution in [0.4, 0.5) is 19.0 Å². The third-order valence-corrected chi connectivity index (χ3v) is 2.95. The highest BCUT2D eigenvalue weighted by Crippen LogP contribution is 2.33. The first-order valence-electron chi connectivity index (χ1n) is 5.90. The Bertz CT molecular complexity index is 718. The first kappa shape index (κ1) is 16.0. The van der Waals surface area contributed by atoms with Gasteiger partial charge in [-0.3, -0.25) is 4.79 Å². The van der Waals surface area contributed by atoms with Crippen molar-refractivity contribution in [3.8, 4) is 11.3 Å². The van der Waals surface area contributed by atoms with Crippen LogP contribution in [0.2, 0.25) is 5.02 Å². The number of carboxylic acid groups (broad SMARTS) is 1. The Balaban J connectivity index is 2.61. The van der Waals surface area contributed by atoms with Crippen LogP contribution in [0.3, 0.4) is 0 Å². The summed E-state index contributed by atoms with van der Waals surface area (Å²) in [6.07, 6.45) is -5.76. The van der Waals surface area contributed by atoms with Crippen molar-refractivity contribution in [1.29, 1.82) is 0 Å². The van der Waals surface area contributed by atoms with E-state index >= 15 is 0 Å². The lowest BCUT2D eigenvalue weighted by molar-refractivity contribution is -0.142. The van der Waals surface area contributed by atoms with E-state index < -0.39 is 35.8 Å². The first-order chi connectivity index (χ1) is 10.2. The summed E-state index contributed by atoms with van der Waals surface area (Å²) >= 11 is 5.73. The quantitative estimate of drug-likeness (QED) is 0.902. The van der Waals surface area contributed by atoms with E-state index in [0.29, 0.717) is 10.6 Å². The zero-order chi connectivity index (χ0) is 16.5. The van der Waals surface area contributed by atoms with Crippen LogP contribution in [0.15, 0.2) is 24.3 Å². The van der Waals surface area contributed by atoms with E-state index in [4.69, 9.17) is 22.4 Å². The van der Waals surface area contributed by atoms with Gasteiger partial charge in [0.1, 0.15) is 5.69 Å². The summed E-state index contributed by atoms with van der Waals surface area (Å²) in [5.74, 6) is -1.89. The minimum Gasteiger partial charge on any atom is -0.481 e. The number of aromatic nitrogens is 2. The highest BCUT2D eigenvalue weighted by molar-refractivity contribution is 6.30. The Morgan fingerprint density at radius 1 is 1.23 bits per heavy atom. The zero-order valence-electron chi connectivity index (χ0n) is 10.9. The van der Waals surface area contributed by atoms with E-state index in [1.807, 2.05) is 0 Å². The Labute approximate surface area is 127 Å². The summed E-state index contributed by atoms with van der Waals surface area (Å²) in [4.78, 5) is 17.8. The van der Waals surface area contributed by atoms with Crippen LogP contribution in [-0.2, 0) is 17.4 Å². The molecule has 0 saturated carbocycles. The molecular formula is C13H9ClF3N3O2. The maximum Gasteiger partial charge on any atom is 0.435 e. The maximum atomic E-state index is 12.9. The molecule has 1 aromatic heterocycles. The van der Waals surface area contributed by atoms with Crippen molar-refractivity contribution >= 4 is 23.4 Å². The Morgan fingerprint density at radius 3 is 2.32 bits per heavy atom. The highest BCUT2D eigenvalue weighted by atomic mass is 35.5. The Kier molecular flexibility index (Phi) is 4.23. The second-order valence-corrected chi connectivity index (χ2v) is 4.76. The van der Waals surface area contributed by atoms with Gasteiger partial charge in [0, 0.05) is 10.6 Å². The van der Waals surface area contributed by atoms with Crippen LogP contribution in [0.5, 0.6) is 0 Å². The van der Waals surface area contributed by atoms with E-state index in [9.17, 15) is 18.0 Å². The predicted octanol–water partition coefficient (Wildman–Crippen LogP) is 3.03. The topological polar surface area (TPSA) is 89.1 Å². The number of carboxylic acids is 1. The van der Waals surface area contributed by atoms with Gasteiger partial charge < -0.3 is 10.8 Å². The zero-order valence-corrected chi connectivity index (χ0v) is 11.6. The van der Waals surface area contributed by atoms with Gasteiger partial charge in [-0.25, -0.2) is 9.97 Å². The fourth-order valence-corrected chi connectivity index (χ4v) is 1.92. The van der Waals surface area contributed by atoms with Gasteiger partial charge >= 0.3 is 12.1 Å². The number of carbonyl (C=O) groups is 1. The molecule has 1 heterocycles. The molecule has 0 unspecified atom stereocenters. The molecule has 9 heteroatoms. The van der Waals surface area contributed by atoms with Gasteiger partial charge in [-0.2, -0.15) is 13.2 Å². The molecule has 2 aromatic rings. The average molecular weight is 332 g/mol. The van der Waals surface area contributed by atoms with Gasteiger partial charge in [0.25, 0.3) is 0 Å². The highest BCUT2D eigenvalue weighted by Gasteiger charge is 2.37. The van der Waals surface area contributed by atoms with Gasteiger partial charge in [-0.05, 0) is 12.1 Å². The largest absolute Gasteiger partial charge is 0.481 e. The molecule has 0 fully saturated rings. The van der Waals surface area contributed by atoms with Crippen LogP contribution >= 0.6 is 11.6 Å². The third-order valence-electron chi connectivity index (χ3n) is 2.70. The van der Waals surface area contributed by atoms with Crippen molar-refractivity contribution in [2.24, 2.45) is 0 Å². The SMILES string of the molecule is Nc1nc(C(F)(F)F)c(CC(=O)O)nc1-c1ccc(Cl)cc1. The molecular weight excluding hydrogens is 323 g/mol. The van der Waals surface area contributed by atoms with Crippen molar-refractivity contribution < 1.29 is 23.1 Å². The number of nitrogens with two attached hydrogens (primary N) is 1. The lowest BCUT2D eigenvalue weighted by atomic mass is 10.1. The fourth-order valence-electron chi connectivity index (χ4n) is 1.80. The van der Waals surface area contributed by atoms with Gasteiger partial charge in [-0.15, -0.1) is 0 Å². The van der Waals surface area contributed by atoms with Crippen LogP contribution in [0.25, 0.3) is 11.3 Å². The molecule has 0 saturated heterocycles. The van der Waals surface area contributed by atoms with Crippen molar-refractivity contribution in [2.45, 2.75) is 12.6 Å². The minimum absolute atomic E-state index is 0.0269. The molecule has 0 radical (unpaired) electrons. The van der Waals surface area contributed by atoms with Crippen molar-refractivity contribution in [1.82, 2.24) is 9.97 Å². The normalized spacial score (nSPS) is 11.5. The smallest absolute Gasteiger partial charge is 0.435 e. The van der Waals surface area contributed by atoms with Gasteiger partial charge in [0.15, 0.2) is 11.5 Å². The number of hydrogen-bond acceptors (Lipinski definition) is 4. The number of aliphatic carboxylic acids is 1. The Hall–Kier alpha value is -2.35. The summed E-state index contributed by atoms with van der Waals surface area (Å²) in [7, 11) is 0. The number of alkyl halides is 3. The van der Waals surface area contributed by atoms with Crippen molar-refractivity contribution in [2.75, 3.05) is 5.73 Å². The molecule has 22 heavy (non-hydrogen) atoms. The molecule has 5 nitrogen and oxygen atoms in total. The number of halogens is 4. The van der Waals surface area contributed by atoms with E-state index in [2.05, 4.69) is 9.97 Å². The summed E-state index contributed by atoms with van der Waals surface area (Å²) in [6, 6.07) is 6.01. The molecule has 116 valence electrons. The van der Waals surface area contributed by atoms with E-state index in [1.54, 1.807) is 0 Å². The summed E-state index contributed by atoms with van der Waals surface area (Å²) < 4.78 is 38.7. The molecule has 3 N–H and O–H groups in total. The second kappa shape index (κ2) is 5.80. The Morgan fingerprint density at radius 2 is 1.82 bits per heavy atom. The minimum atomic E-state index is -4.84. The molecule has 2 rings (SSSR count). The van der Waals surface area contributed by atoms with Crippen LogP contribution < -0.4 is 5.73 Å². The standard InChI is InChI=1S/C13H9ClF3N3O2/c14-7-3-1-6(2-4-7)10-12(18)20-11(13(15,16)17)8(19-10)5-9(21)22/h1-4H,5H2,(H2,18,20)(H,21,22). The van der Waals surface area contributed by atoms with Crippen molar-refractivity contribution in [3.63, 3.8) is 0 Å². The average Bonchev–Trinajstić information content (AvgIpc) is 2.40. The van der Waals surface area contributed by atoms with Crippen molar-refractivity contribution in [3.05, 3.63) is 40.7 Å². The lowest BCUT2D eigenvalue weighted by Gasteiger charge is -2.13. The fraction of sp³-hybridized carbons (Fsp3) is 0.154. The first-order valence-corrected chi connectivity index (χ1v) is 6.27. The number of nitrogen functional groups attached to an aromatic ring is 1.